The van der Waals surface area contributed by atoms with Crippen LogP contribution in [0.5, 0.6) is 5.75 Å². The molecule has 1 heterocycles. The molecule has 1 fully saturated rings. The summed E-state index contributed by atoms with van der Waals surface area (Å²) in [5, 5.41) is 8.61. The first kappa shape index (κ1) is 21.7. The Morgan fingerprint density at radius 2 is 1.46 bits per heavy atom. The minimum absolute atomic E-state index is 0.281. The van der Waals surface area contributed by atoms with Gasteiger partial charge in [-0.3, -0.25) is 9.59 Å². The van der Waals surface area contributed by atoms with Crippen LogP contribution in [0.1, 0.15) is 75.1 Å². The Hall–Kier alpha value is -2.37. The normalized spacial score (nSPS) is 15.7. The first-order valence-electron chi connectivity index (χ1n) is 9.22. The van der Waals surface area contributed by atoms with Gasteiger partial charge in [-0.05, 0) is 43.5 Å². The number of rotatable bonds is 4. The molecule has 1 aliphatic rings. The number of hydrogen-bond acceptors (Lipinski definition) is 5. The molecule has 1 saturated heterocycles. The summed E-state index contributed by atoms with van der Waals surface area (Å²) in [6.07, 6.45) is 7.92. The molecule has 6 nitrogen and oxygen atoms in total. The molecular formula is C20H28O6. The second-order valence-electron chi connectivity index (χ2n) is 6.15. The maximum absolute atomic E-state index is 11.0. The third kappa shape index (κ3) is 9.81. The second kappa shape index (κ2) is 12.9. The predicted molar refractivity (Wildman–Crippen MR) is 97.2 cm³/mol. The molecule has 2 rings (SSSR count). The zero-order valence-electron chi connectivity index (χ0n) is 15.4. The molecule has 6 heteroatoms. The molecule has 1 aromatic carbocycles. The molecule has 0 unspecified atom stereocenters. The molecule has 0 amide bonds. The summed E-state index contributed by atoms with van der Waals surface area (Å²) in [5.41, 5.74) is 0.281. The van der Waals surface area contributed by atoms with Crippen molar-refractivity contribution in [1.29, 1.82) is 0 Å². The number of cyclic esters (lactones) is 2. The molecule has 0 radical (unpaired) electrons. The highest BCUT2D eigenvalue weighted by atomic mass is 16.6. The lowest BCUT2D eigenvalue weighted by Gasteiger charge is -2.03. The highest BCUT2D eigenvalue weighted by molar-refractivity contribution is 5.87. The van der Waals surface area contributed by atoms with Crippen molar-refractivity contribution in [3.05, 3.63) is 29.8 Å². The van der Waals surface area contributed by atoms with Crippen LogP contribution in [0.2, 0.25) is 0 Å². The van der Waals surface area contributed by atoms with Crippen LogP contribution in [-0.2, 0) is 14.3 Å². The maximum Gasteiger partial charge on any atom is 0.335 e. The Morgan fingerprint density at radius 3 is 1.92 bits per heavy atom. The van der Waals surface area contributed by atoms with E-state index in [9.17, 15) is 14.4 Å². The molecule has 0 aliphatic carbocycles. The first-order valence-corrected chi connectivity index (χ1v) is 9.22. The van der Waals surface area contributed by atoms with Crippen LogP contribution in [0, 0.1) is 0 Å². The van der Waals surface area contributed by atoms with Crippen LogP contribution >= 0.6 is 0 Å². The SMILES string of the molecule is CCCOc1ccc(C(=O)O)cc1.O=C1CCCCCCCCC(=O)O1. The van der Waals surface area contributed by atoms with E-state index >= 15 is 0 Å². The minimum Gasteiger partial charge on any atom is -0.494 e. The van der Waals surface area contributed by atoms with Gasteiger partial charge in [0.2, 0.25) is 0 Å². The largest absolute Gasteiger partial charge is 0.494 e. The van der Waals surface area contributed by atoms with Crippen molar-refractivity contribution in [2.24, 2.45) is 0 Å². The van der Waals surface area contributed by atoms with Gasteiger partial charge in [0, 0.05) is 12.8 Å². The van der Waals surface area contributed by atoms with E-state index in [1.807, 2.05) is 6.92 Å². The Morgan fingerprint density at radius 1 is 0.962 bits per heavy atom. The van der Waals surface area contributed by atoms with Gasteiger partial charge in [-0.25, -0.2) is 4.79 Å². The second-order valence-corrected chi connectivity index (χ2v) is 6.15. The van der Waals surface area contributed by atoms with Crippen molar-refractivity contribution in [2.75, 3.05) is 6.61 Å². The van der Waals surface area contributed by atoms with E-state index in [2.05, 4.69) is 4.74 Å². The van der Waals surface area contributed by atoms with Crippen LogP contribution in [0.25, 0.3) is 0 Å². The highest BCUT2D eigenvalue weighted by Crippen LogP contribution is 2.12. The molecule has 26 heavy (non-hydrogen) atoms. The molecule has 0 saturated carbocycles. The van der Waals surface area contributed by atoms with Crippen molar-refractivity contribution < 1.29 is 29.0 Å². The fraction of sp³-hybridized carbons (Fsp3) is 0.550. The Balaban J connectivity index is 0.000000260. The van der Waals surface area contributed by atoms with E-state index in [-0.39, 0.29) is 17.5 Å². The zero-order chi connectivity index (χ0) is 19.2. The van der Waals surface area contributed by atoms with Gasteiger partial charge in [0.15, 0.2) is 0 Å². The van der Waals surface area contributed by atoms with E-state index < -0.39 is 5.97 Å². The Bertz CT molecular complexity index is 544. The summed E-state index contributed by atoms with van der Waals surface area (Å²) >= 11 is 0. The maximum atomic E-state index is 11.0. The Kier molecular flexibility index (Phi) is 10.8. The summed E-state index contributed by atoms with van der Waals surface area (Å²) in [5.74, 6) is -0.910. The minimum atomic E-state index is -0.915. The third-order valence-corrected chi connectivity index (χ3v) is 3.81. The lowest BCUT2D eigenvalue weighted by atomic mass is 10.1. The van der Waals surface area contributed by atoms with Gasteiger partial charge in [-0.1, -0.05) is 32.6 Å². The van der Waals surface area contributed by atoms with E-state index in [1.165, 1.54) is 25.0 Å². The number of carboxylic acids is 1. The monoisotopic (exact) mass is 364 g/mol. The van der Waals surface area contributed by atoms with Crippen LogP contribution in [0.15, 0.2) is 24.3 Å². The van der Waals surface area contributed by atoms with E-state index in [4.69, 9.17) is 9.84 Å². The van der Waals surface area contributed by atoms with E-state index in [0.29, 0.717) is 25.2 Å². The number of aromatic carboxylic acids is 1. The average Bonchev–Trinajstić information content (AvgIpc) is 2.66. The number of esters is 2. The van der Waals surface area contributed by atoms with Crippen LogP contribution in [0.3, 0.4) is 0 Å². The standard InChI is InChI=1S/C10H12O3.C10H16O3/c1-2-7-13-9-5-3-8(4-6-9)10(11)12;11-9-7-5-3-1-2-4-6-8-10(12)13-9/h3-6H,2,7H2,1H3,(H,11,12);1-8H2. The summed E-state index contributed by atoms with van der Waals surface area (Å²) in [7, 11) is 0. The molecule has 1 aromatic rings. The average molecular weight is 364 g/mol. The first-order chi connectivity index (χ1) is 12.5. The molecule has 1 aliphatic heterocycles. The van der Waals surface area contributed by atoms with Crippen LogP contribution in [0.4, 0.5) is 0 Å². The molecule has 1 N–H and O–H groups in total. The molecular weight excluding hydrogens is 336 g/mol. The van der Waals surface area contributed by atoms with Crippen LogP contribution in [-0.4, -0.2) is 29.6 Å². The van der Waals surface area contributed by atoms with Gasteiger partial charge in [0.05, 0.1) is 12.2 Å². The molecule has 0 aromatic heterocycles. The summed E-state index contributed by atoms with van der Waals surface area (Å²) in [6, 6.07) is 6.40. The van der Waals surface area contributed by atoms with Gasteiger partial charge in [-0.15, -0.1) is 0 Å². The number of hydrogen-bond donors (Lipinski definition) is 1. The number of carbonyl (C=O) groups is 3. The van der Waals surface area contributed by atoms with Gasteiger partial charge in [0.25, 0.3) is 0 Å². The fourth-order valence-electron chi connectivity index (χ4n) is 2.39. The molecule has 0 bridgehead atoms. The molecule has 0 atom stereocenters. The summed E-state index contributed by atoms with van der Waals surface area (Å²) < 4.78 is 9.90. The van der Waals surface area contributed by atoms with Gasteiger partial charge in [0.1, 0.15) is 5.75 Å². The van der Waals surface area contributed by atoms with Crippen molar-refractivity contribution in [2.45, 2.75) is 64.7 Å². The lowest BCUT2D eigenvalue weighted by molar-refractivity contribution is -0.159. The quantitative estimate of drug-likeness (QED) is 0.630. The topological polar surface area (TPSA) is 89.9 Å². The number of carboxylic acid groups (broad SMARTS) is 1. The van der Waals surface area contributed by atoms with Crippen molar-refractivity contribution in [3.63, 3.8) is 0 Å². The zero-order valence-corrected chi connectivity index (χ0v) is 15.4. The van der Waals surface area contributed by atoms with Crippen molar-refractivity contribution in [3.8, 4) is 5.75 Å². The van der Waals surface area contributed by atoms with Crippen LogP contribution < -0.4 is 4.74 Å². The van der Waals surface area contributed by atoms with Gasteiger partial charge in [-0.2, -0.15) is 0 Å². The van der Waals surface area contributed by atoms with Crippen molar-refractivity contribution in [1.82, 2.24) is 0 Å². The summed E-state index contributed by atoms with van der Waals surface area (Å²) in [6.45, 7) is 2.68. The number of carbonyl (C=O) groups excluding carboxylic acids is 2. The smallest absolute Gasteiger partial charge is 0.335 e. The Labute approximate surface area is 154 Å². The van der Waals surface area contributed by atoms with Crippen molar-refractivity contribution >= 4 is 17.9 Å². The third-order valence-electron chi connectivity index (χ3n) is 3.81. The number of ether oxygens (including phenoxy) is 2. The van der Waals surface area contributed by atoms with Gasteiger partial charge >= 0.3 is 17.9 Å². The molecule has 0 spiro atoms. The fourth-order valence-corrected chi connectivity index (χ4v) is 2.39. The lowest BCUT2D eigenvalue weighted by Crippen LogP contribution is -2.11. The van der Waals surface area contributed by atoms with E-state index in [0.717, 1.165) is 32.1 Å². The predicted octanol–water partition coefficient (Wildman–Crippen LogP) is 4.36. The van der Waals surface area contributed by atoms with E-state index in [1.54, 1.807) is 12.1 Å². The highest BCUT2D eigenvalue weighted by Gasteiger charge is 2.10. The molecule has 144 valence electrons. The summed E-state index contributed by atoms with van der Waals surface area (Å²) in [4.78, 5) is 32.4. The number of benzene rings is 1. The van der Waals surface area contributed by atoms with Gasteiger partial charge < -0.3 is 14.6 Å².